The van der Waals surface area contributed by atoms with Crippen molar-refractivity contribution in [2.45, 2.75) is 32.9 Å². The van der Waals surface area contributed by atoms with Gasteiger partial charge in [-0.3, -0.25) is 0 Å². The van der Waals surface area contributed by atoms with Crippen molar-refractivity contribution in [3.8, 4) is 5.75 Å². The third kappa shape index (κ3) is 3.92. The van der Waals surface area contributed by atoms with Gasteiger partial charge in [0.1, 0.15) is 31.5 Å². The predicted octanol–water partition coefficient (Wildman–Crippen LogP) is 1.68. The van der Waals surface area contributed by atoms with Gasteiger partial charge in [0.15, 0.2) is 0 Å². The lowest BCUT2D eigenvalue weighted by atomic mass is 10.00. The number of nitrogens with one attached hydrogen (secondary N) is 1. The van der Waals surface area contributed by atoms with Gasteiger partial charge in [-0.2, -0.15) is 0 Å². The minimum absolute atomic E-state index is 0.358. The second-order valence-electron chi connectivity index (χ2n) is 6.59. The lowest BCUT2D eigenvalue weighted by Crippen LogP contribution is -3.13. The zero-order chi connectivity index (χ0) is 16.2. The number of rotatable bonds is 5. The van der Waals surface area contributed by atoms with Crippen molar-refractivity contribution < 1.29 is 14.7 Å². The molecule has 0 amide bonds. The Balaban J connectivity index is 1.53. The van der Waals surface area contributed by atoms with Gasteiger partial charge in [-0.15, -0.1) is 0 Å². The van der Waals surface area contributed by atoms with E-state index < -0.39 is 6.10 Å². The number of aliphatic hydroxyl groups is 1. The fourth-order valence-corrected chi connectivity index (χ4v) is 3.42. The minimum atomic E-state index is -0.436. The van der Waals surface area contributed by atoms with Crippen molar-refractivity contribution in [1.82, 2.24) is 0 Å². The Morgan fingerprint density at radius 2 is 1.74 bits per heavy atom. The molecule has 0 saturated carbocycles. The quantitative estimate of drug-likeness (QED) is 0.881. The summed E-state index contributed by atoms with van der Waals surface area (Å²) in [7, 11) is 0. The van der Waals surface area contributed by atoms with Crippen LogP contribution in [-0.2, 0) is 13.0 Å². The summed E-state index contributed by atoms with van der Waals surface area (Å²) in [5.74, 6) is 0.908. The lowest BCUT2D eigenvalue weighted by Gasteiger charge is -2.27. The van der Waals surface area contributed by atoms with E-state index in [0.717, 1.165) is 42.9 Å². The first kappa shape index (κ1) is 16.0. The van der Waals surface area contributed by atoms with E-state index in [0.29, 0.717) is 6.61 Å². The molecule has 2 aromatic rings. The Bertz CT molecular complexity index is 648. The van der Waals surface area contributed by atoms with Crippen LogP contribution < -0.4 is 9.64 Å². The first-order valence-electron chi connectivity index (χ1n) is 8.41. The Morgan fingerprint density at radius 1 is 1.04 bits per heavy atom. The van der Waals surface area contributed by atoms with E-state index in [1.807, 2.05) is 32.0 Å². The van der Waals surface area contributed by atoms with Crippen LogP contribution in [-0.4, -0.2) is 30.9 Å². The Labute approximate surface area is 138 Å². The second kappa shape index (κ2) is 7.16. The minimum Gasteiger partial charge on any atom is -0.490 e. The lowest BCUT2D eigenvalue weighted by molar-refractivity contribution is -0.918. The number of para-hydroxylation sites is 1. The van der Waals surface area contributed by atoms with Crippen LogP contribution in [0.2, 0.25) is 0 Å². The highest BCUT2D eigenvalue weighted by molar-refractivity contribution is 5.39. The Morgan fingerprint density at radius 3 is 2.48 bits per heavy atom. The largest absolute Gasteiger partial charge is 0.490 e. The number of fused-ring (bicyclic) bond motifs is 1. The maximum Gasteiger partial charge on any atom is 0.137 e. The van der Waals surface area contributed by atoms with Crippen LogP contribution >= 0.6 is 0 Å². The van der Waals surface area contributed by atoms with Crippen LogP contribution in [0.1, 0.15) is 22.3 Å². The monoisotopic (exact) mass is 312 g/mol. The van der Waals surface area contributed by atoms with Crippen LogP contribution in [0.3, 0.4) is 0 Å². The fourth-order valence-electron chi connectivity index (χ4n) is 3.42. The third-order valence-electron chi connectivity index (χ3n) is 4.66. The summed E-state index contributed by atoms with van der Waals surface area (Å²) in [4.78, 5) is 1.43. The number of ether oxygens (including phenoxy) is 1. The third-order valence-corrected chi connectivity index (χ3v) is 4.66. The van der Waals surface area contributed by atoms with Crippen molar-refractivity contribution in [1.29, 1.82) is 0 Å². The molecule has 0 saturated heterocycles. The van der Waals surface area contributed by atoms with E-state index in [4.69, 9.17) is 4.74 Å². The molecule has 3 rings (SSSR count). The van der Waals surface area contributed by atoms with Crippen LogP contribution in [0.15, 0.2) is 42.5 Å². The van der Waals surface area contributed by atoms with Crippen molar-refractivity contribution in [3.05, 3.63) is 64.7 Å². The molecule has 1 aliphatic rings. The smallest absolute Gasteiger partial charge is 0.137 e. The molecule has 1 unspecified atom stereocenters. The summed E-state index contributed by atoms with van der Waals surface area (Å²) in [6.07, 6.45) is 0.657. The standard InChI is InChI=1S/C20H25NO2/c1-15-6-5-7-16(2)20(15)23-14-19(22)13-21-11-10-17-8-3-4-9-18(17)12-21/h3-9,19,22H,10-14H2,1-2H3/p+1/t19-/m1/s1. The molecule has 3 heteroatoms. The van der Waals surface area contributed by atoms with Crippen molar-refractivity contribution in [2.24, 2.45) is 0 Å². The van der Waals surface area contributed by atoms with Gasteiger partial charge in [0.2, 0.25) is 0 Å². The first-order valence-corrected chi connectivity index (χ1v) is 8.41. The van der Waals surface area contributed by atoms with Gasteiger partial charge in [-0.1, -0.05) is 42.5 Å². The summed E-state index contributed by atoms with van der Waals surface area (Å²) in [6, 6.07) is 14.7. The normalized spacial score (nSPS) is 18.3. The number of hydrogen-bond acceptors (Lipinski definition) is 2. The summed E-state index contributed by atoms with van der Waals surface area (Å²) in [5, 5.41) is 10.3. The molecule has 2 N–H and O–H groups in total. The highest BCUT2D eigenvalue weighted by atomic mass is 16.5. The molecule has 1 heterocycles. The fraction of sp³-hybridized carbons (Fsp3) is 0.400. The second-order valence-corrected chi connectivity index (χ2v) is 6.59. The molecular weight excluding hydrogens is 286 g/mol. The summed E-state index contributed by atoms with van der Waals surface area (Å²) in [6.45, 7) is 7.26. The molecule has 0 bridgehead atoms. The number of hydrogen-bond donors (Lipinski definition) is 2. The van der Waals surface area contributed by atoms with Gasteiger partial charge in [-0.25, -0.2) is 0 Å². The summed E-state index contributed by atoms with van der Waals surface area (Å²) < 4.78 is 5.88. The summed E-state index contributed by atoms with van der Waals surface area (Å²) in [5.41, 5.74) is 5.11. The molecule has 0 radical (unpaired) electrons. The zero-order valence-electron chi connectivity index (χ0n) is 14.0. The van der Waals surface area contributed by atoms with E-state index >= 15 is 0 Å². The van der Waals surface area contributed by atoms with Crippen LogP contribution in [0.25, 0.3) is 0 Å². The molecule has 0 fully saturated rings. The van der Waals surface area contributed by atoms with E-state index in [2.05, 4.69) is 24.3 Å². The maximum absolute atomic E-state index is 10.3. The van der Waals surface area contributed by atoms with Crippen molar-refractivity contribution >= 4 is 0 Å². The molecule has 122 valence electrons. The summed E-state index contributed by atoms with van der Waals surface area (Å²) >= 11 is 0. The number of quaternary nitrogens is 1. The van der Waals surface area contributed by atoms with Crippen LogP contribution in [0.5, 0.6) is 5.75 Å². The van der Waals surface area contributed by atoms with E-state index in [1.165, 1.54) is 16.0 Å². The van der Waals surface area contributed by atoms with Crippen molar-refractivity contribution in [3.63, 3.8) is 0 Å². The first-order chi connectivity index (χ1) is 11.1. The molecule has 2 aromatic carbocycles. The van der Waals surface area contributed by atoms with E-state index in [9.17, 15) is 5.11 Å². The molecular formula is C20H26NO2+. The SMILES string of the molecule is Cc1cccc(C)c1OC[C@H](O)C[NH+]1CCc2ccccc2C1. The van der Waals surface area contributed by atoms with Gasteiger partial charge >= 0.3 is 0 Å². The van der Waals surface area contributed by atoms with Gasteiger partial charge in [0, 0.05) is 12.0 Å². The molecule has 23 heavy (non-hydrogen) atoms. The topological polar surface area (TPSA) is 33.9 Å². The van der Waals surface area contributed by atoms with Gasteiger partial charge < -0.3 is 14.7 Å². The van der Waals surface area contributed by atoms with Crippen molar-refractivity contribution in [2.75, 3.05) is 19.7 Å². The molecule has 1 aliphatic heterocycles. The number of benzene rings is 2. The number of aliphatic hydroxyl groups excluding tert-OH is 1. The average Bonchev–Trinajstić information content (AvgIpc) is 2.54. The molecule has 0 aromatic heterocycles. The predicted molar refractivity (Wildman–Crippen MR) is 92.0 cm³/mol. The number of aryl methyl sites for hydroxylation is 2. The van der Waals surface area contributed by atoms with Gasteiger partial charge in [0.05, 0.1) is 6.54 Å². The van der Waals surface area contributed by atoms with Crippen LogP contribution in [0, 0.1) is 13.8 Å². The van der Waals surface area contributed by atoms with E-state index in [1.54, 1.807) is 0 Å². The molecule has 0 spiro atoms. The zero-order valence-corrected chi connectivity index (χ0v) is 14.0. The highest BCUT2D eigenvalue weighted by Crippen LogP contribution is 2.22. The maximum atomic E-state index is 10.3. The Kier molecular flexibility index (Phi) is 4.99. The van der Waals surface area contributed by atoms with Crippen LogP contribution in [0.4, 0.5) is 0 Å². The molecule has 0 aliphatic carbocycles. The van der Waals surface area contributed by atoms with E-state index in [-0.39, 0.29) is 0 Å². The van der Waals surface area contributed by atoms with Gasteiger partial charge in [0.25, 0.3) is 0 Å². The molecule has 3 nitrogen and oxygen atoms in total. The highest BCUT2D eigenvalue weighted by Gasteiger charge is 2.22. The average molecular weight is 312 g/mol. The molecule has 2 atom stereocenters. The van der Waals surface area contributed by atoms with Gasteiger partial charge in [-0.05, 0) is 30.5 Å². The Hall–Kier alpha value is -1.84.